The number of carbonyl (C=O) groups excluding carboxylic acids is 1. The SMILES string of the molecule is O=C(O)C1Oc2cc(OCc3ccccc3)ccc2CC1=O. The van der Waals surface area contributed by atoms with E-state index in [2.05, 4.69) is 0 Å². The molecule has 1 heterocycles. The number of benzene rings is 2. The van der Waals surface area contributed by atoms with Gasteiger partial charge in [0.1, 0.15) is 18.1 Å². The number of aliphatic carboxylic acids is 1. The lowest BCUT2D eigenvalue weighted by Crippen LogP contribution is -2.39. The number of ketones is 1. The second kappa shape index (κ2) is 5.89. The number of fused-ring (bicyclic) bond motifs is 1. The van der Waals surface area contributed by atoms with E-state index in [1.807, 2.05) is 30.3 Å². The van der Waals surface area contributed by atoms with Gasteiger partial charge in [0.25, 0.3) is 6.10 Å². The quantitative estimate of drug-likeness (QED) is 0.876. The fourth-order valence-corrected chi connectivity index (χ4v) is 2.28. The van der Waals surface area contributed by atoms with Gasteiger partial charge in [0, 0.05) is 18.1 Å². The molecule has 0 amide bonds. The zero-order valence-corrected chi connectivity index (χ0v) is 11.7. The molecule has 0 saturated heterocycles. The third-order valence-corrected chi connectivity index (χ3v) is 3.41. The molecule has 3 rings (SSSR count). The van der Waals surface area contributed by atoms with Crippen LogP contribution in [0.25, 0.3) is 0 Å². The van der Waals surface area contributed by atoms with Crippen LogP contribution >= 0.6 is 0 Å². The number of hydrogen-bond donors (Lipinski definition) is 1. The smallest absolute Gasteiger partial charge is 0.352 e. The van der Waals surface area contributed by atoms with E-state index in [0.29, 0.717) is 23.7 Å². The largest absolute Gasteiger partial charge is 0.489 e. The predicted molar refractivity (Wildman–Crippen MR) is 78.0 cm³/mol. The molecule has 22 heavy (non-hydrogen) atoms. The maximum Gasteiger partial charge on any atom is 0.352 e. The summed E-state index contributed by atoms with van der Waals surface area (Å²) in [6, 6.07) is 14.8. The molecular formula is C17H14O5. The lowest BCUT2D eigenvalue weighted by Gasteiger charge is -2.22. The molecule has 1 aliphatic heterocycles. The van der Waals surface area contributed by atoms with Gasteiger partial charge in [-0.25, -0.2) is 4.79 Å². The van der Waals surface area contributed by atoms with Gasteiger partial charge in [-0.1, -0.05) is 36.4 Å². The average molecular weight is 298 g/mol. The lowest BCUT2D eigenvalue weighted by atomic mass is 10.0. The Morgan fingerprint density at radius 1 is 1.23 bits per heavy atom. The fourth-order valence-electron chi connectivity index (χ4n) is 2.28. The Morgan fingerprint density at radius 2 is 2.00 bits per heavy atom. The first-order valence-electron chi connectivity index (χ1n) is 6.85. The topological polar surface area (TPSA) is 72.8 Å². The summed E-state index contributed by atoms with van der Waals surface area (Å²) in [6.45, 7) is 0.404. The summed E-state index contributed by atoms with van der Waals surface area (Å²) < 4.78 is 10.9. The molecule has 0 radical (unpaired) electrons. The highest BCUT2D eigenvalue weighted by Crippen LogP contribution is 2.30. The number of hydrogen-bond acceptors (Lipinski definition) is 4. The van der Waals surface area contributed by atoms with E-state index < -0.39 is 17.9 Å². The molecule has 1 atom stereocenters. The number of rotatable bonds is 4. The van der Waals surface area contributed by atoms with E-state index in [1.54, 1.807) is 18.2 Å². The summed E-state index contributed by atoms with van der Waals surface area (Å²) >= 11 is 0. The summed E-state index contributed by atoms with van der Waals surface area (Å²) in [5, 5.41) is 8.98. The Hall–Kier alpha value is -2.82. The standard InChI is InChI=1S/C17H14O5/c18-14-8-12-6-7-13(9-15(12)22-16(14)17(19)20)21-10-11-4-2-1-3-5-11/h1-7,9,16H,8,10H2,(H,19,20). The third-order valence-electron chi connectivity index (χ3n) is 3.41. The minimum Gasteiger partial charge on any atom is -0.489 e. The third kappa shape index (κ3) is 2.93. The van der Waals surface area contributed by atoms with Crippen LogP contribution in [0.5, 0.6) is 11.5 Å². The van der Waals surface area contributed by atoms with Crippen molar-refractivity contribution in [2.75, 3.05) is 0 Å². The molecule has 2 aromatic carbocycles. The van der Waals surface area contributed by atoms with Crippen LogP contribution in [0.15, 0.2) is 48.5 Å². The van der Waals surface area contributed by atoms with E-state index in [0.717, 1.165) is 5.56 Å². The van der Waals surface area contributed by atoms with Gasteiger partial charge < -0.3 is 14.6 Å². The van der Waals surface area contributed by atoms with Crippen LogP contribution in [0.3, 0.4) is 0 Å². The van der Waals surface area contributed by atoms with E-state index in [9.17, 15) is 9.59 Å². The van der Waals surface area contributed by atoms with Crippen molar-refractivity contribution in [1.82, 2.24) is 0 Å². The van der Waals surface area contributed by atoms with Gasteiger partial charge in [0.2, 0.25) is 0 Å². The Bertz CT molecular complexity index is 708. The molecular weight excluding hydrogens is 284 g/mol. The molecule has 112 valence electrons. The number of ether oxygens (including phenoxy) is 2. The number of carboxylic acid groups (broad SMARTS) is 1. The zero-order valence-electron chi connectivity index (χ0n) is 11.7. The van der Waals surface area contributed by atoms with Gasteiger partial charge in [0.15, 0.2) is 5.78 Å². The first kappa shape index (κ1) is 14.1. The maximum atomic E-state index is 11.7. The van der Waals surface area contributed by atoms with E-state index >= 15 is 0 Å². The molecule has 2 aromatic rings. The molecule has 0 spiro atoms. The summed E-state index contributed by atoms with van der Waals surface area (Å²) in [6.07, 6.45) is -1.37. The van der Waals surface area contributed by atoms with Crippen molar-refractivity contribution in [3.8, 4) is 11.5 Å². The monoisotopic (exact) mass is 298 g/mol. The van der Waals surface area contributed by atoms with Crippen molar-refractivity contribution < 1.29 is 24.2 Å². The van der Waals surface area contributed by atoms with Crippen LogP contribution < -0.4 is 9.47 Å². The molecule has 1 N–H and O–H groups in total. The van der Waals surface area contributed by atoms with E-state index in [-0.39, 0.29) is 6.42 Å². The highest BCUT2D eigenvalue weighted by atomic mass is 16.5. The molecule has 0 aliphatic carbocycles. The summed E-state index contributed by atoms with van der Waals surface area (Å²) in [5.41, 5.74) is 1.70. The summed E-state index contributed by atoms with van der Waals surface area (Å²) in [4.78, 5) is 22.7. The highest BCUT2D eigenvalue weighted by molar-refractivity contribution is 6.03. The number of carboxylic acids is 1. The second-order valence-corrected chi connectivity index (χ2v) is 5.02. The van der Waals surface area contributed by atoms with Crippen molar-refractivity contribution in [2.24, 2.45) is 0 Å². The van der Waals surface area contributed by atoms with Gasteiger partial charge in [-0.05, 0) is 11.6 Å². The van der Waals surface area contributed by atoms with Crippen LogP contribution in [-0.2, 0) is 22.6 Å². The van der Waals surface area contributed by atoms with Crippen LogP contribution in [-0.4, -0.2) is 23.0 Å². The van der Waals surface area contributed by atoms with Crippen LogP contribution in [0, 0.1) is 0 Å². The van der Waals surface area contributed by atoms with Gasteiger partial charge >= 0.3 is 5.97 Å². The van der Waals surface area contributed by atoms with Crippen LogP contribution in [0.2, 0.25) is 0 Å². The molecule has 0 fully saturated rings. The molecule has 5 heteroatoms. The van der Waals surface area contributed by atoms with Crippen molar-refractivity contribution in [1.29, 1.82) is 0 Å². The summed E-state index contributed by atoms with van der Waals surface area (Å²) in [7, 11) is 0. The van der Waals surface area contributed by atoms with Gasteiger partial charge in [-0.2, -0.15) is 0 Å². The number of carbonyl (C=O) groups is 2. The molecule has 0 aromatic heterocycles. The average Bonchev–Trinajstić information content (AvgIpc) is 2.53. The van der Waals surface area contributed by atoms with Crippen molar-refractivity contribution in [3.63, 3.8) is 0 Å². The Kier molecular flexibility index (Phi) is 3.78. The molecule has 1 unspecified atom stereocenters. The van der Waals surface area contributed by atoms with E-state index in [1.165, 1.54) is 0 Å². The van der Waals surface area contributed by atoms with Crippen molar-refractivity contribution >= 4 is 11.8 Å². The summed E-state index contributed by atoms with van der Waals surface area (Å²) in [5.74, 6) is -0.761. The Balaban J connectivity index is 1.75. The Labute approximate surface area is 127 Å². The maximum absolute atomic E-state index is 11.7. The van der Waals surface area contributed by atoms with Crippen molar-refractivity contribution in [2.45, 2.75) is 19.1 Å². The fraction of sp³-hybridized carbons (Fsp3) is 0.176. The van der Waals surface area contributed by atoms with E-state index in [4.69, 9.17) is 14.6 Å². The normalized spacial score (nSPS) is 16.5. The molecule has 0 saturated carbocycles. The van der Waals surface area contributed by atoms with Gasteiger partial charge in [-0.3, -0.25) is 4.79 Å². The highest BCUT2D eigenvalue weighted by Gasteiger charge is 2.33. The van der Waals surface area contributed by atoms with Gasteiger partial charge in [0.05, 0.1) is 0 Å². The van der Waals surface area contributed by atoms with Crippen molar-refractivity contribution in [3.05, 3.63) is 59.7 Å². The molecule has 5 nitrogen and oxygen atoms in total. The minimum absolute atomic E-state index is 0.0608. The Morgan fingerprint density at radius 3 is 2.73 bits per heavy atom. The van der Waals surface area contributed by atoms with Gasteiger partial charge in [-0.15, -0.1) is 0 Å². The molecule has 1 aliphatic rings. The minimum atomic E-state index is -1.43. The molecule has 0 bridgehead atoms. The zero-order chi connectivity index (χ0) is 15.5. The second-order valence-electron chi connectivity index (χ2n) is 5.02. The predicted octanol–water partition coefficient (Wildman–Crippen LogP) is 2.22. The lowest BCUT2D eigenvalue weighted by molar-refractivity contribution is -0.150. The first-order valence-corrected chi connectivity index (χ1v) is 6.85. The van der Waals surface area contributed by atoms with Crippen LogP contribution in [0.4, 0.5) is 0 Å². The number of Topliss-reactive ketones (excluding diaryl/α,β-unsaturated/α-hetero) is 1. The first-order chi connectivity index (χ1) is 10.6. The van der Waals surface area contributed by atoms with Crippen LogP contribution in [0.1, 0.15) is 11.1 Å².